The number of fused-ring (bicyclic) bond motifs is 1. The second kappa shape index (κ2) is 6.73. The summed E-state index contributed by atoms with van der Waals surface area (Å²) in [5.41, 5.74) is -0.913. The molecule has 156 valence electrons. The second-order valence-corrected chi connectivity index (χ2v) is 9.30. The number of hydrogen-bond acceptors (Lipinski definition) is 6. The number of nitrogens with zero attached hydrogens (tertiary/aromatic N) is 1. The van der Waals surface area contributed by atoms with Crippen molar-refractivity contribution in [3.63, 3.8) is 0 Å². The van der Waals surface area contributed by atoms with Crippen LogP contribution in [0.25, 0.3) is 0 Å². The van der Waals surface area contributed by atoms with E-state index in [1.807, 2.05) is 20.8 Å². The molecule has 0 aromatic rings. The molecular formula is C19H32ClNO6. The van der Waals surface area contributed by atoms with Gasteiger partial charge in [0.2, 0.25) is 11.6 Å². The van der Waals surface area contributed by atoms with Gasteiger partial charge in [-0.3, -0.25) is 4.90 Å². The first kappa shape index (κ1) is 21.1. The van der Waals surface area contributed by atoms with Crippen LogP contribution in [0.15, 0.2) is 0 Å². The van der Waals surface area contributed by atoms with E-state index in [0.29, 0.717) is 12.4 Å². The number of methoxy groups -OCH3 is 2. The van der Waals surface area contributed by atoms with Crippen molar-refractivity contribution in [3.05, 3.63) is 0 Å². The number of alkyl halides is 1. The van der Waals surface area contributed by atoms with Crippen molar-refractivity contribution in [2.45, 2.75) is 82.4 Å². The number of amides is 1. The van der Waals surface area contributed by atoms with Crippen LogP contribution in [-0.2, 0) is 23.7 Å². The lowest BCUT2D eigenvalue weighted by Gasteiger charge is -2.58. The summed E-state index contributed by atoms with van der Waals surface area (Å²) in [6, 6.07) is 0. The molecule has 8 heteroatoms. The third kappa shape index (κ3) is 3.35. The van der Waals surface area contributed by atoms with Crippen molar-refractivity contribution in [2.75, 3.05) is 26.6 Å². The predicted molar refractivity (Wildman–Crippen MR) is 99.7 cm³/mol. The minimum Gasteiger partial charge on any atom is -0.444 e. The fourth-order valence-electron chi connectivity index (χ4n) is 4.30. The summed E-state index contributed by atoms with van der Waals surface area (Å²) in [7, 11) is 3.12. The fraction of sp³-hybridized carbons (Fsp3) is 0.947. The van der Waals surface area contributed by atoms with E-state index in [1.165, 1.54) is 0 Å². The highest BCUT2D eigenvalue weighted by Gasteiger charge is 2.68. The first-order chi connectivity index (χ1) is 12.5. The Bertz CT molecular complexity index is 591. The highest BCUT2D eigenvalue weighted by Crippen LogP contribution is 2.56. The lowest BCUT2D eigenvalue weighted by atomic mass is 9.82. The highest BCUT2D eigenvalue weighted by atomic mass is 35.5. The molecule has 0 aromatic heterocycles. The Labute approximate surface area is 166 Å². The van der Waals surface area contributed by atoms with Gasteiger partial charge in [-0.2, -0.15) is 0 Å². The predicted octanol–water partition coefficient (Wildman–Crippen LogP) is 3.13. The molecule has 3 fully saturated rings. The van der Waals surface area contributed by atoms with E-state index in [1.54, 1.807) is 33.0 Å². The van der Waals surface area contributed by atoms with Gasteiger partial charge in [0.15, 0.2) is 0 Å². The number of likely N-dealkylation sites (tertiary alicyclic amines) is 1. The molecule has 0 bridgehead atoms. The van der Waals surface area contributed by atoms with Gasteiger partial charge in [0.1, 0.15) is 11.7 Å². The maximum atomic E-state index is 12.9. The van der Waals surface area contributed by atoms with Gasteiger partial charge in [-0.15, -0.1) is 11.6 Å². The van der Waals surface area contributed by atoms with Crippen LogP contribution in [0.5, 0.6) is 0 Å². The molecule has 5 atom stereocenters. The Morgan fingerprint density at radius 2 is 1.70 bits per heavy atom. The molecule has 1 spiro atoms. The Morgan fingerprint density at radius 3 is 2.15 bits per heavy atom. The molecule has 0 radical (unpaired) electrons. The van der Waals surface area contributed by atoms with Gasteiger partial charge >= 0.3 is 6.09 Å². The van der Waals surface area contributed by atoms with Crippen molar-refractivity contribution in [3.8, 4) is 0 Å². The van der Waals surface area contributed by atoms with Crippen LogP contribution in [0.3, 0.4) is 0 Å². The van der Waals surface area contributed by atoms with Crippen LogP contribution in [-0.4, -0.2) is 72.6 Å². The number of rotatable bonds is 3. The summed E-state index contributed by atoms with van der Waals surface area (Å²) < 4.78 is 29.6. The van der Waals surface area contributed by atoms with Gasteiger partial charge in [0, 0.05) is 26.0 Å². The van der Waals surface area contributed by atoms with E-state index < -0.39 is 17.2 Å². The zero-order valence-electron chi connectivity index (χ0n) is 17.3. The molecule has 2 heterocycles. The average Bonchev–Trinajstić information content (AvgIpc) is 3.35. The Hall–Kier alpha value is -0.600. The molecule has 7 nitrogen and oxygen atoms in total. The van der Waals surface area contributed by atoms with Crippen LogP contribution in [0.1, 0.15) is 47.5 Å². The lowest BCUT2D eigenvalue weighted by molar-refractivity contribution is -0.457. The largest absolute Gasteiger partial charge is 0.444 e. The number of carbonyl (C=O) groups is 1. The van der Waals surface area contributed by atoms with Crippen molar-refractivity contribution in [2.24, 2.45) is 5.92 Å². The molecule has 3 aliphatic rings. The van der Waals surface area contributed by atoms with E-state index in [-0.39, 0.29) is 29.8 Å². The van der Waals surface area contributed by atoms with Gasteiger partial charge in [0.25, 0.3) is 0 Å². The van der Waals surface area contributed by atoms with Crippen molar-refractivity contribution >= 4 is 17.7 Å². The van der Waals surface area contributed by atoms with E-state index in [9.17, 15) is 4.79 Å². The highest BCUT2D eigenvalue weighted by molar-refractivity contribution is 6.18. The quantitative estimate of drug-likeness (QED) is 0.672. The van der Waals surface area contributed by atoms with Gasteiger partial charge in [-0.1, -0.05) is 0 Å². The van der Waals surface area contributed by atoms with Gasteiger partial charge < -0.3 is 23.7 Å². The zero-order chi connectivity index (χ0) is 20.3. The van der Waals surface area contributed by atoms with Crippen molar-refractivity contribution < 1.29 is 28.5 Å². The van der Waals surface area contributed by atoms with Crippen LogP contribution >= 0.6 is 11.6 Å². The van der Waals surface area contributed by atoms with Crippen LogP contribution in [0.4, 0.5) is 4.79 Å². The Kier molecular flexibility index (Phi) is 5.26. The normalized spacial score (nSPS) is 40.6. The summed E-state index contributed by atoms with van der Waals surface area (Å²) in [5, 5.41) is 0. The number of carbonyl (C=O) groups excluding carboxylic acids is 1. The number of halogens is 1. The zero-order valence-corrected chi connectivity index (χ0v) is 18.1. The molecule has 0 N–H and O–H groups in total. The molecule has 2 aliphatic heterocycles. The van der Waals surface area contributed by atoms with Crippen molar-refractivity contribution in [1.82, 2.24) is 4.90 Å². The summed E-state index contributed by atoms with van der Waals surface area (Å²) in [4.78, 5) is 14.7. The van der Waals surface area contributed by atoms with E-state index in [2.05, 4.69) is 0 Å². The standard InChI is InChI=1S/C19H32ClNO6/c1-16(2,3)27-15(22)21-11-13-14(12(10-20)19(21)8-9-19)26-18(5,24-7)17(4,23-6)25-13/h12-14H,8-11H2,1-7H3. The summed E-state index contributed by atoms with van der Waals surface area (Å²) in [5.74, 6) is -1.93. The maximum Gasteiger partial charge on any atom is 0.410 e. The number of hydrogen-bond donors (Lipinski definition) is 0. The number of piperidine rings is 1. The summed E-state index contributed by atoms with van der Waals surface area (Å²) >= 11 is 6.38. The van der Waals surface area contributed by atoms with E-state index >= 15 is 0 Å². The fourth-order valence-corrected chi connectivity index (χ4v) is 4.76. The molecular weight excluding hydrogens is 374 g/mol. The third-order valence-electron chi connectivity index (χ3n) is 6.24. The molecule has 1 aliphatic carbocycles. The Morgan fingerprint density at radius 1 is 1.15 bits per heavy atom. The SMILES string of the molecule is COC1(C)OC2CN(C(=O)OC(C)(C)C)C3(CC3)C(CCl)C2OC1(C)OC. The van der Waals surface area contributed by atoms with Crippen LogP contribution in [0, 0.1) is 5.92 Å². The minimum absolute atomic E-state index is 0.0821. The Balaban J connectivity index is 1.92. The minimum atomic E-state index is -1.12. The first-order valence-corrected chi connectivity index (χ1v) is 10.0. The van der Waals surface area contributed by atoms with E-state index in [4.69, 9.17) is 35.3 Å². The van der Waals surface area contributed by atoms with Crippen molar-refractivity contribution in [1.29, 1.82) is 0 Å². The van der Waals surface area contributed by atoms with Gasteiger partial charge in [-0.05, 0) is 47.5 Å². The molecule has 2 saturated heterocycles. The molecule has 3 rings (SSSR count). The number of ether oxygens (including phenoxy) is 5. The van der Waals surface area contributed by atoms with E-state index in [0.717, 1.165) is 12.8 Å². The molecule has 1 saturated carbocycles. The maximum absolute atomic E-state index is 12.9. The second-order valence-electron chi connectivity index (χ2n) is 8.99. The first-order valence-electron chi connectivity index (χ1n) is 9.48. The van der Waals surface area contributed by atoms with Gasteiger partial charge in [-0.25, -0.2) is 4.79 Å². The average molecular weight is 406 g/mol. The topological polar surface area (TPSA) is 66.5 Å². The summed E-state index contributed by atoms with van der Waals surface area (Å²) in [6.07, 6.45) is 0.733. The van der Waals surface area contributed by atoms with Crippen LogP contribution in [0.2, 0.25) is 0 Å². The summed E-state index contributed by atoms with van der Waals surface area (Å²) in [6.45, 7) is 9.54. The monoisotopic (exact) mass is 405 g/mol. The third-order valence-corrected chi connectivity index (χ3v) is 6.57. The smallest absolute Gasteiger partial charge is 0.410 e. The molecule has 5 unspecified atom stereocenters. The lowest BCUT2D eigenvalue weighted by Crippen LogP contribution is -2.73. The molecule has 1 amide bonds. The van der Waals surface area contributed by atoms with Gasteiger partial charge in [0.05, 0.1) is 18.2 Å². The molecule has 0 aromatic carbocycles. The molecule has 27 heavy (non-hydrogen) atoms. The van der Waals surface area contributed by atoms with Crippen LogP contribution < -0.4 is 0 Å².